The standard InChI is InChI=1S/C25H52N6O12/c26-2-1-10(35)4-30-5-13-19(37)21(39)17(29)24(41-13)15-11(27)3-12(31-9(6-32)7-33)23(20(15)38)43-25-22(40)16(28)18(36)14(8-34)42-25/h9-25,30-40H,1-8,26-29H2/t10?,11-,12+,13+,14+,15?,16-,17+,18+,19+,20-,21+,22+,23-,24+,25+/m0/s1. The highest BCUT2D eigenvalue weighted by molar-refractivity contribution is 5.08. The van der Waals surface area contributed by atoms with Crippen molar-refractivity contribution < 1.29 is 60.2 Å². The average molecular weight is 629 g/mol. The van der Waals surface area contributed by atoms with E-state index in [0.717, 1.165) is 0 Å². The minimum Gasteiger partial charge on any atom is -0.395 e. The molecule has 19 N–H and O–H groups in total. The predicted octanol–water partition coefficient (Wildman–Crippen LogP) is -8.73. The van der Waals surface area contributed by atoms with Crippen molar-refractivity contribution in [2.45, 2.75) is 110 Å². The largest absolute Gasteiger partial charge is 0.395 e. The zero-order valence-electron chi connectivity index (χ0n) is 24.0. The van der Waals surface area contributed by atoms with Gasteiger partial charge in [-0.3, -0.25) is 0 Å². The van der Waals surface area contributed by atoms with E-state index in [1.165, 1.54) is 0 Å². The maximum absolute atomic E-state index is 11.7. The van der Waals surface area contributed by atoms with E-state index in [2.05, 4.69) is 10.6 Å². The molecule has 0 spiro atoms. The smallest absolute Gasteiger partial charge is 0.186 e. The molecule has 18 nitrogen and oxygen atoms in total. The SMILES string of the molecule is NCCC(O)CNC[C@H]1O[C@H](C2[C@@H](N)C[C@@H](NC(CO)CO)[C@H](O[C@H]3O[C@H](CO)[C@@H](O)[C@H](N)[C@H]3O)[C@H]2O)[C@H](N)[C@@H](O)[C@@H]1O. The molecule has 254 valence electrons. The molecule has 3 rings (SSSR count). The fraction of sp³-hybridized carbons (Fsp3) is 1.00. The highest BCUT2D eigenvalue weighted by atomic mass is 16.7. The van der Waals surface area contributed by atoms with Crippen molar-refractivity contribution in [3.8, 4) is 0 Å². The first-order valence-electron chi connectivity index (χ1n) is 14.7. The summed E-state index contributed by atoms with van der Waals surface area (Å²) < 4.78 is 17.7. The zero-order chi connectivity index (χ0) is 32.0. The molecule has 0 aromatic carbocycles. The summed E-state index contributed by atoms with van der Waals surface area (Å²) in [6.45, 7) is -1.11. The van der Waals surface area contributed by atoms with Gasteiger partial charge in [-0.1, -0.05) is 0 Å². The van der Waals surface area contributed by atoms with E-state index in [0.29, 0.717) is 6.42 Å². The summed E-state index contributed by atoms with van der Waals surface area (Å²) >= 11 is 0. The van der Waals surface area contributed by atoms with Gasteiger partial charge in [0, 0.05) is 31.1 Å². The first-order valence-corrected chi connectivity index (χ1v) is 14.7. The molecule has 1 aliphatic carbocycles. The summed E-state index contributed by atoms with van der Waals surface area (Å²) in [5.74, 6) is -0.999. The highest BCUT2D eigenvalue weighted by Crippen LogP contribution is 2.37. The molecule has 3 fully saturated rings. The summed E-state index contributed by atoms with van der Waals surface area (Å²) in [7, 11) is 0. The van der Waals surface area contributed by atoms with E-state index in [9.17, 15) is 46.0 Å². The molecule has 0 bridgehead atoms. The first kappa shape index (κ1) is 36.7. The normalized spacial score (nSPS) is 44.9. The zero-order valence-corrected chi connectivity index (χ0v) is 24.0. The highest BCUT2D eigenvalue weighted by Gasteiger charge is 2.55. The minimum atomic E-state index is -1.57. The molecule has 0 radical (unpaired) electrons. The second kappa shape index (κ2) is 16.7. The molecular formula is C25H52N6O12. The van der Waals surface area contributed by atoms with Gasteiger partial charge < -0.3 is 93.7 Å². The summed E-state index contributed by atoms with van der Waals surface area (Å²) in [5.41, 5.74) is 24.2. The lowest BCUT2D eigenvalue weighted by molar-refractivity contribution is -0.308. The van der Waals surface area contributed by atoms with Crippen LogP contribution in [0.3, 0.4) is 0 Å². The summed E-state index contributed by atoms with van der Waals surface area (Å²) in [5, 5.41) is 99.0. The second-order valence-corrected chi connectivity index (χ2v) is 11.8. The van der Waals surface area contributed by atoms with Crippen molar-refractivity contribution in [2.75, 3.05) is 39.5 Å². The number of aliphatic hydroxyl groups excluding tert-OH is 9. The Morgan fingerprint density at radius 3 is 2.12 bits per heavy atom. The van der Waals surface area contributed by atoms with Crippen LogP contribution in [0.15, 0.2) is 0 Å². The number of nitrogens with two attached hydrogens (primary N) is 4. The number of hydrogen-bond donors (Lipinski definition) is 15. The van der Waals surface area contributed by atoms with Crippen molar-refractivity contribution in [3.63, 3.8) is 0 Å². The number of hydrogen-bond acceptors (Lipinski definition) is 18. The van der Waals surface area contributed by atoms with Crippen LogP contribution in [0.1, 0.15) is 12.8 Å². The topological polar surface area (TPSA) is 338 Å². The van der Waals surface area contributed by atoms with E-state index in [-0.39, 0.29) is 26.1 Å². The van der Waals surface area contributed by atoms with E-state index in [1.807, 2.05) is 0 Å². The predicted molar refractivity (Wildman–Crippen MR) is 149 cm³/mol. The number of rotatable bonds is 14. The van der Waals surface area contributed by atoms with E-state index in [1.54, 1.807) is 0 Å². The van der Waals surface area contributed by atoms with Crippen molar-refractivity contribution in [2.24, 2.45) is 28.9 Å². The quantitative estimate of drug-likeness (QED) is 0.0848. The van der Waals surface area contributed by atoms with Crippen LogP contribution >= 0.6 is 0 Å². The molecule has 2 saturated heterocycles. The van der Waals surface area contributed by atoms with Gasteiger partial charge in [0.1, 0.15) is 36.6 Å². The molecule has 2 aliphatic heterocycles. The molecular weight excluding hydrogens is 576 g/mol. The van der Waals surface area contributed by atoms with Gasteiger partial charge in [-0.2, -0.15) is 0 Å². The fourth-order valence-electron chi connectivity index (χ4n) is 6.14. The van der Waals surface area contributed by atoms with Crippen molar-refractivity contribution in [1.82, 2.24) is 10.6 Å². The Kier molecular flexibility index (Phi) is 14.3. The van der Waals surface area contributed by atoms with Gasteiger partial charge in [-0.05, 0) is 19.4 Å². The van der Waals surface area contributed by atoms with Gasteiger partial charge in [-0.25, -0.2) is 0 Å². The molecule has 2 unspecified atom stereocenters. The van der Waals surface area contributed by atoms with Gasteiger partial charge in [-0.15, -0.1) is 0 Å². The Bertz CT molecular complexity index is 821. The van der Waals surface area contributed by atoms with Gasteiger partial charge >= 0.3 is 0 Å². The lowest BCUT2D eigenvalue weighted by atomic mass is 9.71. The molecule has 0 aromatic rings. The Balaban J connectivity index is 1.85. The third kappa shape index (κ3) is 8.56. The van der Waals surface area contributed by atoms with E-state index >= 15 is 0 Å². The molecule has 0 aromatic heterocycles. The maximum atomic E-state index is 11.7. The minimum absolute atomic E-state index is 0.0186. The third-order valence-electron chi connectivity index (χ3n) is 8.71. The molecule has 3 aliphatic rings. The lowest BCUT2D eigenvalue weighted by Crippen LogP contribution is -2.72. The van der Waals surface area contributed by atoms with E-state index < -0.39 is 123 Å². The summed E-state index contributed by atoms with van der Waals surface area (Å²) in [6.07, 6.45) is -13.7. The fourth-order valence-corrected chi connectivity index (χ4v) is 6.14. The Morgan fingerprint density at radius 2 is 1.51 bits per heavy atom. The lowest BCUT2D eigenvalue weighted by Gasteiger charge is -2.52. The molecule has 0 amide bonds. The van der Waals surface area contributed by atoms with Crippen LogP contribution in [0, 0.1) is 5.92 Å². The number of aliphatic hydroxyl groups is 9. The van der Waals surface area contributed by atoms with Crippen LogP contribution in [-0.2, 0) is 14.2 Å². The number of ether oxygens (including phenoxy) is 3. The summed E-state index contributed by atoms with van der Waals surface area (Å²) in [6, 6.07) is -4.93. The number of nitrogens with one attached hydrogen (secondary N) is 2. The molecule has 16 atom stereocenters. The van der Waals surface area contributed by atoms with Gasteiger partial charge in [0.25, 0.3) is 0 Å². The molecule has 1 saturated carbocycles. The van der Waals surface area contributed by atoms with Gasteiger partial charge in [0.2, 0.25) is 0 Å². The van der Waals surface area contributed by atoms with Crippen LogP contribution in [0.4, 0.5) is 0 Å². The summed E-state index contributed by atoms with van der Waals surface area (Å²) in [4.78, 5) is 0. The van der Waals surface area contributed by atoms with Crippen LogP contribution < -0.4 is 33.6 Å². The Morgan fingerprint density at radius 1 is 0.837 bits per heavy atom. The van der Waals surface area contributed by atoms with Crippen molar-refractivity contribution in [3.05, 3.63) is 0 Å². The van der Waals surface area contributed by atoms with Crippen molar-refractivity contribution >= 4 is 0 Å². The molecule has 2 heterocycles. The first-order chi connectivity index (χ1) is 20.4. The monoisotopic (exact) mass is 628 g/mol. The van der Waals surface area contributed by atoms with Gasteiger partial charge in [0.05, 0.1) is 62.4 Å². The van der Waals surface area contributed by atoms with E-state index in [4.69, 9.17) is 37.1 Å². The maximum Gasteiger partial charge on any atom is 0.186 e. The van der Waals surface area contributed by atoms with Gasteiger partial charge in [0.15, 0.2) is 6.29 Å². The van der Waals surface area contributed by atoms with Crippen LogP contribution in [0.25, 0.3) is 0 Å². The Hall–Kier alpha value is -0.720. The third-order valence-corrected chi connectivity index (χ3v) is 8.71. The second-order valence-electron chi connectivity index (χ2n) is 11.8. The van der Waals surface area contributed by atoms with Crippen molar-refractivity contribution in [1.29, 1.82) is 0 Å². The van der Waals surface area contributed by atoms with Crippen LogP contribution in [0.5, 0.6) is 0 Å². The van der Waals surface area contributed by atoms with Crippen LogP contribution in [-0.4, -0.2) is 183 Å². The molecule has 18 heteroatoms. The Labute approximate surface area is 249 Å². The van der Waals surface area contributed by atoms with Crippen LogP contribution in [0.2, 0.25) is 0 Å². The average Bonchev–Trinajstić information content (AvgIpc) is 2.98. The molecule has 43 heavy (non-hydrogen) atoms.